The summed E-state index contributed by atoms with van der Waals surface area (Å²) in [6, 6.07) is 23.4. The Morgan fingerprint density at radius 3 is 2.52 bits per heavy atom. The van der Waals surface area contributed by atoms with Crippen LogP contribution in [-0.4, -0.2) is 34.8 Å². The summed E-state index contributed by atoms with van der Waals surface area (Å²) in [5, 5.41) is 0.529. The number of methoxy groups -OCH3 is 1. The number of carbonyl (C=O) groups excluding carboxylic acids is 1. The zero-order valence-corrected chi connectivity index (χ0v) is 18.9. The van der Waals surface area contributed by atoms with E-state index in [1.165, 1.54) is 5.56 Å². The van der Waals surface area contributed by atoms with E-state index in [2.05, 4.69) is 27.0 Å². The normalized spacial score (nSPS) is 11.1. The lowest BCUT2D eigenvalue weighted by atomic mass is 10.1. The summed E-state index contributed by atoms with van der Waals surface area (Å²) in [4.78, 5) is 35.0. The van der Waals surface area contributed by atoms with E-state index in [1.54, 1.807) is 13.2 Å². The van der Waals surface area contributed by atoms with Gasteiger partial charge in [-0.1, -0.05) is 54.6 Å². The fourth-order valence-corrected chi connectivity index (χ4v) is 3.97. The number of ether oxygens (including phenoxy) is 1. The SMILES string of the molecule is COc1cccc(CCC(=O)c2nc3cccc(CN(C)Cc4ccccc4)c3c(=O)[nH]2)c1. The highest BCUT2D eigenvalue weighted by atomic mass is 16.5. The van der Waals surface area contributed by atoms with Crippen LogP contribution in [-0.2, 0) is 19.5 Å². The average molecular weight is 442 g/mol. The van der Waals surface area contributed by atoms with E-state index in [0.29, 0.717) is 23.9 Å². The lowest BCUT2D eigenvalue weighted by molar-refractivity contribution is 0.0973. The molecule has 1 aromatic heterocycles. The highest BCUT2D eigenvalue weighted by molar-refractivity contribution is 5.94. The summed E-state index contributed by atoms with van der Waals surface area (Å²) in [6.07, 6.45) is 0.795. The number of nitrogens with zero attached hydrogens (tertiary/aromatic N) is 2. The first-order valence-electron chi connectivity index (χ1n) is 10.9. The smallest absolute Gasteiger partial charge is 0.259 e. The number of hydrogen-bond donors (Lipinski definition) is 1. The van der Waals surface area contributed by atoms with E-state index in [4.69, 9.17) is 4.74 Å². The molecule has 6 heteroatoms. The third-order valence-electron chi connectivity index (χ3n) is 5.59. The second kappa shape index (κ2) is 10.2. The molecule has 0 bridgehead atoms. The molecule has 0 atom stereocenters. The van der Waals surface area contributed by atoms with E-state index in [1.807, 2.05) is 61.6 Å². The summed E-state index contributed by atoms with van der Waals surface area (Å²) in [7, 11) is 3.63. The van der Waals surface area contributed by atoms with Crippen molar-refractivity contribution in [3.8, 4) is 5.75 Å². The molecular formula is C27H27N3O3. The van der Waals surface area contributed by atoms with Crippen LogP contribution >= 0.6 is 0 Å². The number of H-pyrrole nitrogens is 1. The molecule has 0 fully saturated rings. The molecule has 0 radical (unpaired) electrons. The van der Waals surface area contributed by atoms with Crippen molar-refractivity contribution in [2.24, 2.45) is 0 Å². The van der Waals surface area contributed by atoms with Gasteiger partial charge in [0, 0.05) is 19.5 Å². The maximum Gasteiger partial charge on any atom is 0.259 e. The molecular weight excluding hydrogens is 414 g/mol. The largest absolute Gasteiger partial charge is 0.497 e. The van der Waals surface area contributed by atoms with Gasteiger partial charge >= 0.3 is 0 Å². The van der Waals surface area contributed by atoms with Gasteiger partial charge in [-0.05, 0) is 48.4 Å². The van der Waals surface area contributed by atoms with Gasteiger partial charge in [0.25, 0.3) is 5.56 Å². The van der Waals surface area contributed by atoms with Gasteiger partial charge in [0.05, 0.1) is 18.0 Å². The predicted octanol–water partition coefficient (Wildman–Crippen LogP) is 4.38. The van der Waals surface area contributed by atoms with Gasteiger partial charge in [0.2, 0.25) is 0 Å². The number of aryl methyl sites for hydroxylation is 1. The van der Waals surface area contributed by atoms with Gasteiger partial charge in [-0.25, -0.2) is 4.98 Å². The van der Waals surface area contributed by atoms with Crippen molar-refractivity contribution >= 4 is 16.7 Å². The second-order valence-corrected chi connectivity index (χ2v) is 8.16. The Morgan fingerprint density at radius 2 is 1.73 bits per heavy atom. The molecule has 0 spiro atoms. The number of fused-ring (bicyclic) bond motifs is 1. The second-order valence-electron chi connectivity index (χ2n) is 8.16. The van der Waals surface area contributed by atoms with Crippen molar-refractivity contribution in [3.63, 3.8) is 0 Å². The van der Waals surface area contributed by atoms with E-state index >= 15 is 0 Å². The van der Waals surface area contributed by atoms with Gasteiger partial charge in [-0.15, -0.1) is 0 Å². The molecule has 0 aliphatic rings. The fraction of sp³-hybridized carbons (Fsp3) is 0.222. The summed E-state index contributed by atoms with van der Waals surface area (Å²) in [5.74, 6) is 0.663. The number of ketones is 1. The Labute approximate surface area is 192 Å². The van der Waals surface area contributed by atoms with Crippen molar-refractivity contribution < 1.29 is 9.53 Å². The van der Waals surface area contributed by atoms with Gasteiger partial charge in [0.1, 0.15) is 5.75 Å². The number of carbonyl (C=O) groups is 1. The van der Waals surface area contributed by atoms with Crippen LogP contribution in [0.4, 0.5) is 0 Å². The van der Waals surface area contributed by atoms with Crippen LogP contribution < -0.4 is 10.3 Å². The molecule has 33 heavy (non-hydrogen) atoms. The van der Waals surface area contributed by atoms with Crippen LogP contribution in [0.3, 0.4) is 0 Å². The number of nitrogens with one attached hydrogen (secondary N) is 1. The molecule has 168 valence electrons. The molecule has 0 unspecified atom stereocenters. The zero-order valence-electron chi connectivity index (χ0n) is 18.9. The minimum absolute atomic E-state index is 0.102. The molecule has 0 aliphatic carbocycles. The molecule has 0 saturated carbocycles. The van der Waals surface area contributed by atoms with E-state index in [9.17, 15) is 9.59 Å². The Balaban J connectivity index is 1.51. The first-order valence-corrected chi connectivity index (χ1v) is 10.9. The van der Waals surface area contributed by atoms with Crippen molar-refractivity contribution in [1.29, 1.82) is 0 Å². The van der Waals surface area contributed by atoms with Crippen molar-refractivity contribution in [1.82, 2.24) is 14.9 Å². The number of Topliss-reactive ketones (excluding diaryl/α,β-unsaturated/α-hetero) is 1. The molecule has 1 heterocycles. The number of aromatic nitrogens is 2. The maximum atomic E-state index is 12.9. The highest BCUT2D eigenvalue weighted by Crippen LogP contribution is 2.18. The lowest BCUT2D eigenvalue weighted by Crippen LogP contribution is -2.21. The lowest BCUT2D eigenvalue weighted by Gasteiger charge is -2.17. The number of aromatic amines is 1. The first-order chi connectivity index (χ1) is 16.0. The fourth-order valence-electron chi connectivity index (χ4n) is 3.97. The molecule has 0 aliphatic heterocycles. The molecule has 3 aromatic carbocycles. The number of benzene rings is 3. The van der Waals surface area contributed by atoms with Crippen LogP contribution in [0.1, 0.15) is 33.7 Å². The Morgan fingerprint density at radius 1 is 0.970 bits per heavy atom. The minimum Gasteiger partial charge on any atom is -0.497 e. The summed E-state index contributed by atoms with van der Waals surface area (Å²) in [5.41, 5.74) is 3.34. The van der Waals surface area contributed by atoms with Gasteiger partial charge < -0.3 is 9.72 Å². The van der Waals surface area contributed by atoms with E-state index < -0.39 is 0 Å². The highest BCUT2D eigenvalue weighted by Gasteiger charge is 2.15. The summed E-state index contributed by atoms with van der Waals surface area (Å²) >= 11 is 0. The van der Waals surface area contributed by atoms with Crippen LogP contribution in [0.5, 0.6) is 5.75 Å². The van der Waals surface area contributed by atoms with Gasteiger partial charge in [-0.2, -0.15) is 0 Å². The van der Waals surface area contributed by atoms with Gasteiger partial charge in [-0.3, -0.25) is 14.5 Å². The standard InChI is InChI=1S/C27H27N3O3/c1-30(17-20-8-4-3-5-9-20)18-21-11-7-13-23-25(21)27(32)29-26(28-23)24(31)15-14-19-10-6-12-22(16-19)33-2/h3-13,16H,14-15,17-18H2,1-2H3,(H,28,29,32). The molecule has 0 amide bonds. The molecule has 6 nitrogen and oxygen atoms in total. The van der Waals surface area contributed by atoms with Crippen molar-refractivity contribution in [2.75, 3.05) is 14.2 Å². The average Bonchev–Trinajstić information content (AvgIpc) is 2.83. The van der Waals surface area contributed by atoms with E-state index in [-0.39, 0.29) is 23.6 Å². The quantitative estimate of drug-likeness (QED) is 0.390. The number of rotatable bonds is 9. The molecule has 1 N–H and O–H groups in total. The van der Waals surface area contributed by atoms with Crippen molar-refractivity contribution in [3.05, 3.63) is 106 Å². The third-order valence-corrected chi connectivity index (χ3v) is 5.59. The predicted molar refractivity (Wildman–Crippen MR) is 130 cm³/mol. The van der Waals surface area contributed by atoms with E-state index in [0.717, 1.165) is 23.4 Å². The van der Waals surface area contributed by atoms with Crippen LogP contribution in [0.25, 0.3) is 10.9 Å². The molecule has 4 aromatic rings. The van der Waals surface area contributed by atoms with Crippen molar-refractivity contribution in [2.45, 2.75) is 25.9 Å². The molecule has 0 saturated heterocycles. The van der Waals surface area contributed by atoms with Gasteiger partial charge in [0.15, 0.2) is 11.6 Å². The monoisotopic (exact) mass is 441 g/mol. The summed E-state index contributed by atoms with van der Waals surface area (Å²) in [6.45, 7) is 1.36. The third kappa shape index (κ3) is 5.54. The first kappa shape index (κ1) is 22.4. The van der Waals surface area contributed by atoms with Crippen LogP contribution in [0.15, 0.2) is 77.6 Å². The summed E-state index contributed by atoms with van der Waals surface area (Å²) < 4.78 is 5.23. The minimum atomic E-state index is -0.284. The Bertz CT molecular complexity index is 1320. The van der Waals surface area contributed by atoms with Crippen LogP contribution in [0, 0.1) is 0 Å². The maximum absolute atomic E-state index is 12.9. The Kier molecular flexibility index (Phi) is 6.95. The van der Waals surface area contributed by atoms with Crippen LogP contribution in [0.2, 0.25) is 0 Å². The molecule has 4 rings (SSSR count). The Hall–Kier alpha value is -3.77. The zero-order chi connectivity index (χ0) is 23.2. The topological polar surface area (TPSA) is 75.3 Å². The number of hydrogen-bond acceptors (Lipinski definition) is 5.